The minimum Gasteiger partial charge on any atom is -0.354 e. The van der Waals surface area contributed by atoms with Crippen LogP contribution in [0.3, 0.4) is 0 Å². The maximum Gasteiger partial charge on any atom is 0.211 e. The Labute approximate surface area is 195 Å². The summed E-state index contributed by atoms with van der Waals surface area (Å²) in [6.45, 7) is 9.73. The van der Waals surface area contributed by atoms with Gasteiger partial charge in [-0.1, -0.05) is 24.3 Å². The smallest absolute Gasteiger partial charge is 0.211 e. The topological polar surface area (TPSA) is 95.1 Å². The second kappa shape index (κ2) is 8.76. The van der Waals surface area contributed by atoms with E-state index >= 15 is 0 Å². The van der Waals surface area contributed by atoms with Crippen LogP contribution < -0.4 is 15.5 Å². The summed E-state index contributed by atoms with van der Waals surface area (Å²) < 4.78 is 27.2. The first-order valence-electron chi connectivity index (χ1n) is 11.2. The number of allylic oxidation sites excluding steroid dienone is 2. The number of sulfonamides is 1. The summed E-state index contributed by atoms with van der Waals surface area (Å²) in [7, 11) is -3.22. The van der Waals surface area contributed by atoms with Crippen molar-refractivity contribution in [2.45, 2.75) is 39.2 Å². The van der Waals surface area contributed by atoms with Crippen molar-refractivity contribution in [2.75, 3.05) is 30.8 Å². The van der Waals surface area contributed by atoms with E-state index in [0.29, 0.717) is 19.6 Å². The Morgan fingerprint density at radius 1 is 1.36 bits per heavy atom. The van der Waals surface area contributed by atoms with Crippen molar-refractivity contribution in [3.63, 3.8) is 0 Å². The Morgan fingerprint density at radius 3 is 2.73 bits per heavy atom. The average Bonchev–Trinajstić information content (AvgIpc) is 3.11. The predicted octanol–water partition coefficient (Wildman–Crippen LogP) is 1.57. The Balaban J connectivity index is 1.57. The zero-order valence-corrected chi connectivity index (χ0v) is 20.2. The average molecular weight is 467 g/mol. The van der Waals surface area contributed by atoms with Crippen molar-refractivity contribution in [3.8, 4) is 11.8 Å². The van der Waals surface area contributed by atoms with Crippen LogP contribution in [0.2, 0.25) is 0 Å². The molecule has 2 fully saturated rings. The van der Waals surface area contributed by atoms with E-state index in [2.05, 4.69) is 27.6 Å². The molecule has 1 saturated carbocycles. The largest absolute Gasteiger partial charge is 0.354 e. The lowest BCUT2D eigenvalue weighted by atomic mass is 9.65. The minimum absolute atomic E-state index is 0.129. The molecule has 0 radical (unpaired) electrons. The van der Waals surface area contributed by atoms with Gasteiger partial charge in [0.25, 0.3) is 0 Å². The van der Waals surface area contributed by atoms with Gasteiger partial charge in [0.2, 0.25) is 10.0 Å². The van der Waals surface area contributed by atoms with E-state index in [1.54, 1.807) is 17.1 Å². The van der Waals surface area contributed by atoms with Gasteiger partial charge in [0.1, 0.15) is 5.82 Å². The molecule has 1 aliphatic heterocycles. The van der Waals surface area contributed by atoms with Crippen LogP contribution in [-0.4, -0.2) is 59.4 Å². The van der Waals surface area contributed by atoms with Gasteiger partial charge in [-0.2, -0.15) is 14.7 Å². The van der Waals surface area contributed by atoms with Crippen LogP contribution in [0.5, 0.6) is 0 Å². The van der Waals surface area contributed by atoms with E-state index in [-0.39, 0.29) is 11.5 Å². The molecule has 9 heteroatoms. The molecule has 0 bridgehead atoms. The molecule has 1 saturated heterocycles. The van der Waals surface area contributed by atoms with E-state index in [1.807, 2.05) is 38.1 Å². The van der Waals surface area contributed by atoms with Gasteiger partial charge >= 0.3 is 0 Å². The van der Waals surface area contributed by atoms with Crippen molar-refractivity contribution in [1.82, 2.24) is 19.1 Å². The van der Waals surface area contributed by atoms with Gasteiger partial charge in [0, 0.05) is 43.2 Å². The third-order valence-electron chi connectivity index (χ3n) is 6.88. The van der Waals surface area contributed by atoms with Crippen LogP contribution in [-0.2, 0) is 10.0 Å². The number of aromatic nitrogens is 3. The van der Waals surface area contributed by atoms with Crippen molar-refractivity contribution >= 4 is 28.5 Å². The Kier molecular flexibility index (Phi) is 6.16. The zero-order valence-electron chi connectivity index (χ0n) is 19.4. The highest BCUT2D eigenvalue weighted by molar-refractivity contribution is 7.88. The Hall–Kier alpha value is -2.96. The van der Waals surface area contributed by atoms with Crippen LogP contribution in [0.25, 0.3) is 18.3 Å². The van der Waals surface area contributed by atoms with Gasteiger partial charge in [0.15, 0.2) is 0 Å². The highest BCUT2D eigenvalue weighted by atomic mass is 32.2. The molecule has 2 aromatic heterocycles. The van der Waals surface area contributed by atoms with E-state index in [1.165, 1.54) is 10.6 Å². The SMILES string of the molecule is C=c1/c(=C\C=C(/C)C2(C#N)CCC2)cnn1-c1ccnc(N2CCN(S(C)(=O)=O)[C@@H](C)C2)c1. The summed E-state index contributed by atoms with van der Waals surface area (Å²) in [6, 6.07) is 6.18. The lowest BCUT2D eigenvalue weighted by molar-refractivity contribution is 0.268. The maximum absolute atomic E-state index is 12.0. The number of nitriles is 1. The van der Waals surface area contributed by atoms with E-state index < -0.39 is 10.0 Å². The van der Waals surface area contributed by atoms with Crippen molar-refractivity contribution < 1.29 is 8.42 Å². The standard InChI is InChI=1S/C24H30N6O2S/c1-18(24(17-25)9-5-10-24)6-7-21-15-27-30(20(21)3)22-8-11-26-23(14-22)28-12-13-29(19(2)16-28)33(4,31)32/h6-8,11,14-15,19H,3,5,9-10,12-13,16H2,1-2,4H3/b18-6+,21-7-/t19-/m0/s1. The first-order chi connectivity index (χ1) is 15.6. The maximum atomic E-state index is 12.0. The van der Waals surface area contributed by atoms with Crippen LogP contribution in [0.1, 0.15) is 33.1 Å². The molecule has 2 aromatic rings. The summed E-state index contributed by atoms with van der Waals surface area (Å²) in [4.78, 5) is 6.61. The summed E-state index contributed by atoms with van der Waals surface area (Å²) >= 11 is 0. The van der Waals surface area contributed by atoms with Gasteiger partial charge in [-0.15, -0.1) is 0 Å². The summed E-state index contributed by atoms with van der Waals surface area (Å²) in [5.41, 5.74) is 1.61. The third-order valence-corrected chi connectivity index (χ3v) is 8.27. The molecule has 33 heavy (non-hydrogen) atoms. The molecule has 0 amide bonds. The molecule has 0 spiro atoms. The molecule has 0 unspecified atom stereocenters. The van der Waals surface area contributed by atoms with Crippen molar-refractivity contribution in [2.24, 2.45) is 5.41 Å². The summed E-state index contributed by atoms with van der Waals surface area (Å²) in [5, 5.41) is 15.7. The highest BCUT2D eigenvalue weighted by Gasteiger charge is 2.38. The first kappa shape index (κ1) is 23.2. The lowest BCUT2D eigenvalue weighted by Gasteiger charge is -2.38. The second-order valence-electron chi connectivity index (χ2n) is 9.06. The number of pyridine rings is 1. The minimum atomic E-state index is -3.22. The van der Waals surface area contributed by atoms with Crippen LogP contribution in [0, 0.1) is 16.7 Å². The van der Waals surface area contributed by atoms with Crippen molar-refractivity contribution in [3.05, 3.63) is 46.7 Å². The van der Waals surface area contributed by atoms with Crippen LogP contribution in [0.15, 0.2) is 36.2 Å². The first-order valence-corrected chi connectivity index (χ1v) is 13.0. The van der Waals surface area contributed by atoms with E-state index in [0.717, 1.165) is 46.9 Å². The molecule has 1 aliphatic carbocycles. The van der Waals surface area contributed by atoms with Crippen LogP contribution in [0.4, 0.5) is 5.82 Å². The monoisotopic (exact) mass is 466 g/mol. The fraction of sp³-hybridized carbons (Fsp3) is 0.458. The van der Waals surface area contributed by atoms with Crippen LogP contribution >= 0.6 is 0 Å². The quantitative estimate of drug-likeness (QED) is 0.664. The normalized spacial score (nSPS) is 22.1. The van der Waals surface area contributed by atoms with Gasteiger partial charge in [-0.05, 0) is 39.2 Å². The van der Waals surface area contributed by atoms with Gasteiger partial charge in [0.05, 0.1) is 35.0 Å². The summed E-state index contributed by atoms with van der Waals surface area (Å²) in [5.74, 6) is 0.782. The molecule has 174 valence electrons. The molecule has 0 N–H and O–H groups in total. The lowest BCUT2D eigenvalue weighted by Crippen LogP contribution is -2.53. The molecule has 8 nitrogen and oxygen atoms in total. The van der Waals surface area contributed by atoms with Gasteiger partial charge in [-0.25, -0.2) is 18.1 Å². The number of hydrogen-bond acceptors (Lipinski definition) is 6. The number of nitrogens with zero attached hydrogens (tertiary/aromatic N) is 6. The number of rotatable bonds is 5. The zero-order chi connectivity index (χ0) is 23.8. The Morgan fingerprint density at radius 2 is 2.12 bits per heavy atom. The van der Waals surface area contributed by atoms with Gasteiger partial charge in [-0.3, -0.25) is 0 Å². The molecular weight excluding hydrogens is 436 g/mol. The predicted molar refractivity (Wildman–Crippen MR) is 129 cm³/mol. The highest BCUT2D eigenvalue weighted by Crippen LogP contribution is 2.46. The number of piperazine rings is 1. The molecule has 3 heterocycles. The molecule has 4 rings (SSSR count). The molecule has 0 aromatic carbocycles. The fourth-order valence-electron chi connectivity index (χ4n) is 4.60. The summed E-state index contributed by atoms with van der Waals surface area (Å²) in [6.07, 6.45) is 11.7. The Bertz CT molecular complexity index is 1330. The third kappa shape index (κ3) is 4.45. The fourth-order valence-corrected chi connectivity index (χ4v) is 5.73. The van der Waals surface area contributed by atoms with E-state index in [4.69, 9.17) is 0 Å². The molecular formula is C24H30N6O2S. The number of anilines is 1. The molecule has 2 aliphatic rings. The van der Waals surface area contributed by atoms with Crippen molar-refractivity contribution in [1.29, 1.82) is 5.26 Å². The van der Waals surface area contributed by atoms with E-state index in [9.17, 15) is 13.7 Å². The number of hydrogen-bond donors (Lipinski definition) is 0. The second-order valence-corrected chi connectivity index (χ2v) is 11.0. The molecule has 1 atom stereocenters. The van der Waals surface area contributed by atoms with Gasteiger partial charge < -0.3 is 4.90 Å².